The van der Waals surface area contributed by atoms with E-state index in [0.29, 0.717) is 5.69 Å². The van der Waals surface area contributed by atoms with E-state index in [1.54, 1.807) is 6.07 Å². The normalized spacial score (nSPS) is 12.8. The Labute approximate surface area is 203 Å². The molecule has 0 fully saturated rings. The van der Waals surface area contributed by atoms with Gasteiger partial charge in [-0.3, -0.25) is 9.89 Å². The van der Waals surface area contributed by atoms with E-state index in [9.17, 15) is 4.79 Å². The highest BCUT2D eigenvalue weighted by atomic mass is 16.2. The van der Waals surface area contributed by atoms with E-state index in [0.717, 1.165) is 46.5 Å². The Balaban J connectivity index is 1.19. The number of hydrogen-bond donors (Lipinski definition) is 2. The van der Waals surface area contributed by atoms with Gasteiger partial charge in [0.05, 0.1) is 11.4 Å². The Morgan fingerprint density at radius 1 is 0.857 bits per heavy atom. The van der Waals surface area contributed by atoms with Crippen molar-refractivity contribution in [1.29, 1.82) is 0 Å². The summed E-state index contributed by atoms with van der Waals surface area (Å²) in [7, 11) is 0. The summed E-state index contributed by atoms with van der Waals surface area (Å²) in [6, 6.07) is 30.9. The molecule has 1 aliphatic rings. The van der Waals surface area contributed by atoms with E-state index in [2.05, 4.69) is 75.3 Å². The van der Waals surface area contributed by atoms with Crippen LogP contribution in [0.25, 0.3) is 33.2 Å². The van der Waals surface area contributed by atoms with Crippen molar-refractivity contribution < 1.29 is 4.79 Å². The highest BCUT2D eigenvalue weighted by molar-refractivity contribution is 6.03. The number of aromatic nitrogens is 2. The molecule has 2 N–H and O–H groups in total. The molecule has 1 aromatic heterocycles. The van der Waals surface area contributed by atoms with Gasteiger partial charge in [0.2, 0.25) is 0 Å². The average Bonchev–Trinajstić information content (AvgIpc) is 3.57. The second kappa shape index (κ2) is 8.69. The van der Waals surface area contributed by atoms with Crippen LogP contribution in [0.2, 0.25) is 0 Å². The minimum Gasteiger partial charge on any atom is -0.272 e. The van der Waals surface area contributed by atoms with Crippen molar-refractivity contribution in [3.05, 3.63) is 113 Å². The van der Waals surface area contributed by atoms with Crippen LogP contribution in [0.15, 0.2) is 96.1 Å². The van der Waals surface area contributed by atoms with Gasteiger partial charge in [-0.2, -0.15) is 10.2 Å². The number of carbonyl (C=O) groups excluding carboxylic acids is 1. The fourth-order valence-electron chi connectivity index (χ4n) is 4.84. The molecule has 35 heavy (non-hydrogen) atoms. The molecule has 1 aliphatic carbocycles. The zero-order valence-corrected chi connectivity index (χ0v) is 19.4. The fourth-order valence-corrected chi connectivity index (χ4v) is 4.84. The molecule has 0 spiro atoms. The van der Waals surface area contributed by atoms with Crippen molar-refractivity contribution in [2.24, 2.45) is 5.10 Å². The van der Waals surface area contributed by atoms with Gasteiger partial charge in [0.25, 0.3) is 5.91 Å². The van der Waals surface area contributed by atoms with Crippen LogP contribution in [0.3, 0.4) is 0 Å². The monoisotopic (exact) mass is 456 g/mol. The molecule has 170 valence electrons. The van der Waals surface area contributed by atoms with Gasteiger partial charge in [0, 0.05) is 5.56 Å². The van der Waals surface area contributed by atoms with E-state index < -0.39 is 0 Å². The van der Waals surface area contributed by atoms with Crippen LogP contribution in [-0.4, -0.2) is 21.8 Å². The van der Waals surface area contributed by atoms with Crippen LogP contribution in [0.4, 0.5) is 0 Å². The standard InChI is InChI=1S/C30H24N4O/c1-19(20-10-12-22(13-11-20)21-6-3-2-4-7-21)31-34-30(35)28-18-27(32-33-28)25-17-16-24-15-14-23-8-5-9-26(25)29(23)24/h2-13,16-18H,14-15H2,1H3,(H,32,33)(H,34,35)/b31-19-. The first kappa shape index (κ1) is 21.1. The number of H-pyrrole nitrogens is 1. The van der Waals surface area contributed by atoms with Gasteiger partial charge >= 0.3 is 0 Å². The van der Waals surface area contributed by atoms with Crippen LogP contribution >= 0.6 is 0 Å². The molecular formula is C30H24N4O. The highest BCUT2D eigenvalue weighted by Crippen LogP contribution is 2.36. The van der Waals surface area contributed by atoms with Crippen molar-refractivity contribution in [2.45, 2.75) is 19.8 Å². The molecular weight excluding hydrogens is 432 g/mol. The summed E-state index contributed by atoms with van der Waals surface area (Å²) in [5, 5.41) is 14.1. The number of rotatable bonds is 5. The van der Waals surface area contributed by atoms with Crippen molar-refractivity contribution in [1.82, 2.24) is 15.6 Å². The van der Waals surface area contributed by atoms with Crippen LogP contribution in [0.1, 0.15) is 34.1 Å². The zero-order valence-electron chi connectivity index (χ0n) is 19.4. The molecule has 0 radical (unpaired) electrons. The van der Waals surface area contributed by atoms with Crippen molar-refractivity contribution >= 4 is 22.4 Å². The summed E-state index contributed by atoms with van der Waals surface area (Å²) < 4.78 is 0. The molecule has 5 aromatic rings. The molecule has 0 saturated heterocycles. The Hall–Kier alpha value is -4.51. The quantitative estimate of drug-likeness (QED) is 0.246. The maximum Gasteiger partial charge on any atom is 0.289 e. The smallest absolute Gasteiger partial charge is 0.272 e. The molecule has 0 saturated carbocycles. The van der Waals surface area contributed by atoms with Gasteiger partial charge in [0.1, 0.15) is 5.69 Å². The number of hydrogen-bond acceptors (Lipinski definition) is 3. The van der Waals surface area contributed by atoms with Crippen LogP contribution in [0, 0.1) is 0 Å². The third kappa shape index (κ3) is 3.91. The molecule has 1 heterocycles. The third-order valence-electron chi connectivity index (χ3n) is 6.71. The first-order chi connectivity index (χ1) is 17.2. The Morgan fingerprint density at radius 2 is 1.60 bits per heavy atom. The minimum atomic E-state index is -0.324. The summed E-state index contributed by atoms with van der Waals surface area (Å²) in [6.07, 6.45) is 2.16. The van der Waals surface area contributed by atoms with Crippen molar-refractivity contribution in [2.75, 3.05) is 0 Å². The topological polar surface area (TPSA) is 70.1 Å². The Morgan fingerprint density at radius 3 is 2.40 bits per heavy atom. The molecule has 5 heteroatoms. The largest absolute Gasteiger partial charge is 0.289 e. The van der Waals surface area contributed by atoms with E-state index >= 15 is 0 Å². The van der Waals surface area contributed by atoms with Gasteiger partial charge in [-0.15, -0.1) is 0 Å². The van der Waals surface area contributed by atoms with Crippen LogP contribution in [0.5, 0.6) is 0 Å². The van der Waals surface area contributed by atoms with E-state index in [-0.39, 0.29) is 5.91 Å². The Bertz CT molecular complexity index is 1570. The summed E-state index contributed by atoms with van der Waals surface area (Å²) in [5.74, 6) is -0.324. The summed E-state index contributed by atoms with van der Waals surface area (Å²) in [5.41, 5.74) is 11.6. The fraction of sp³-hybridized carbons (Fsp3) is 0.100. The predicted octanol–water partition coefficient (Wildman–Crippen LogP) is 6.15. The van der Waals surface area contributed by atoms with E-state index in [4.69, 9.17) is 0 Å². The van der Waals surface area contributed by atoms with Crippen LogP contribution in [-0.2, 0) is 12.8 Å². The second-order valence-corrected chi connectivity index (χ2v) is 8.86. The van der Waals surface area contributed by atoms with E-state index in [1.165, 1.54) is 21.9 Å². The third-order valence-corrected chi connectivity index (χ3v) is 6.71. The predicted molar refractivity (Wildman–Crippen MR) is 140 cm³/mol. The number of nitrogens with zero attached hydrogens (tertiary/aromatic N) is 2. The lowest BCUT2D eigenvalue weighted by Gasteiger charge is -2.06. The minimum absolute atomic E-state index is 0.324. The zero-order chi connectivity index (χ0) is 23.8. The first-order valence-electron chi connectivity index (χ1n) is 11.8. The summed E-state index contributed by atoms with van der Waals surface area (Å²) in [4.78, 5) is 12.8. The molecule has 0 atom stereocenters. The van der Waals surface area contributed by atoms with Gasteiger partial charge in [-0.1, -0.05) is 84.9 Å². The Kier molecular flexibility index (Phi) is 5.23. The number of hydrazone groups is 1. The lowest BCUT2D eigenvalue weighted by Crippen LogP contribution is -2.19. The number of benzene rings is 4. The van der Waals surface area contributed by atoms with Crippen molar-refractivity contribution in [3.63, 3.8) is 0 Å². The second-order valence-electron chi connectivity index (χ2n) is 8.86. The first-order valence-corrected chi connectivity index (χ1v) is 11.8. The number of amides is 1. The molecule has 4 aromatic carbocycles. The van der Waals surface area contributed by atoms with Gasteiger partial charge in [0.15, 0.2) is 0 Å². The summed E-state index contributed by atoms with van der Waals surface area (Å²) in [6.45, 7) is 1.88. The van der Waals surface area contributed by atoms with Gasteiger partial charge in [-0.05, 0) is 64.4 Å². The maximum atomic E-state index is 12.8. The van der Waals surface area contributed by atoms with Crippen LogP contribution < -0.4 is 5.43 Å². The maximum absolute atomic E-state index is 12.8. The number of aryl methyl sites for hydroxylation is 2. The molecule has 6 rings (SSSR count). The number of nitrogens with one attached hydrogen (secondary N) is 2. The number of aromatic amines is 1. The molecule has 0 aliphatic heterocycles. The number of carbonyl (C=O) groups is 1. The highest BCUT2D eigenvalue weighted by Gasteiger charge is 2.18. The molecule has 0 unspecified atom stereocenters. The summed E-state index contributed by atoms with van der Waals surface area (Å²) >= 11 is 0. The molecule has 1 amide bonds. The average molecular weight is 457 g/mol. The lowest BCUT2D eigenvalue weighted by molar-refractivity contribution is 0.0950. The van der Waals surface area contributed by atoms with Gasteiger partial charge < -0.3 is 0 Å². The van der Waals surface area contributed by atoms with Gasteiger partial charge in [-0.25, -0.2) is 5.43 Å². The SMILES string of the molecule is C/C(=N/NC(=O)c1cc(-c2ccc3c4c(cccc24)CC3)n[nH]1)c1ccc(-c2ccccc2)cc1. The van der Waals surface area contributed by atoms with Crippen molar-refractivity contribution in [3.8, 4) is 22.4 Å². The molecule has 0 bridgehead atoms. The lowest BCUT2D eigenvalue weighted by atomic mass is 9.98. The van der Waals surface area contributed by atoms with E-state index in [1.807, 2.05) is 37.3 Å². The molecule has 5 nitrogen and oxygen atoms in total.